The van der Waals surface area contributed by atoms with Crippen LogP contribution < -0.4 is 15.8 Å². The second-order valence-corrected chi connectivity index (χ2v) is 3.86. The summed E-state index contributed by atoms with van der Waals surface area (Å²) in [5, 5.41) is 13.6. The van der Waals surface area contributed by atoms with Crippen molar-refractivity contribution in [2.75, 3.05) is 18.1 Å². The standard InChI is InChI=1S/C13H13N3O3/c1-15-12-8-11(6-7-13(12)16(17)18)19-10-4-2-9(14)3-5-10/h2-8,15H,14H2,1H3. The molecule has 0 spiro atoms. The molecule has 0 heterocycles. The molecule has 0 amide bonds. The second kappa shape index (κ2) is 5.26. The molecule has 0 bridgehead atoms. The summed E-state index contributed by atoms with van der Waals surface area (Å²) < 4.78 is 5.59. The number of anilines is 2. The minimum Gasteiger partial charge on any atom is -0.457 e. The highest BCUT2D eigenvalue weighted by atomic mass is 16.6. The van der Waals surface area contributed by atoms with E-state index < -0.39 is 4.92 Å². The zero-order valence-corrected chi connectivity index (χ0v) is 10.3. The maximum atomic E-state index is 10.8. The van der Waals surface area contributed by atoms with Gasteiger partial charge in [-0.2, -0.15) is 0 Å². The molecule has 2 aromatic rings. The third kappa shape index (κ3) is 2.92. The summed E-state index contributed by atoms with van der Waals surface area (Å²) in [6.45, 7) is 0. The molecule has 98 valence electrons. The summed E-state index contributed by atoms with van der Waals surface area (Å²) in [5.74, 6) is 1.13. The van der Waals surface area contributed by atoms with E-state index in [2.05, 4.69) is 5.32 Å². The maximum Gasteiger partial charge on any atom is 0.292 e. The molecule has 3 N–H and O–H groups in total. The van der Waals surface area contributed by atoms with Crippen molar-refractivity contribution in [2.45, 2.75) is 0 Å². The van der Waals surface area contributed by atoms with E-state index in [0.29, 0.717) is 22.9 Å². The summed E-state index contributed by atoms with van der Waals surface area (Å²) in [5.41, 5.74) is 6.63. The third-order valence-electron chi connectivity index (χ3n) is 2.55. The van der Waals surface area contributed by atoms with Crippen LogP contribution in [-0.4, -0.2) is 12.0 Å². The normalized spacial score (nSPS) is 9.95. The van der Waals surface area contributed by atoms with Crippen molar-refractivity contribution in [3.8, 4) is 11.5 Å². The van der Waals surface area contributed by atoms with Gasteiger partial charge in [-0.3, -0.25) is 10.1 Å². The zero-order valence-electron chi connectivity index (χ0n) is 10.3. The third-order valence-corrected chi connectivity index (χ3v) is 2.55. The van der Waals surface area contributed by atoms with Crippen LogP contribution in [0.15, 0.2) is 42.5 Å². The van der Waals surface area contributed by atoms with Gasteiger partial charge in [0.2, 0.25) is 0 Å². The Labute approximate surface area is 110 Å². The van der Waals surface area contributed by atoms with Crippen molar-refractivity contribution in [3.63, 3.8) is 0 Å². The number of nitrogens with one attached hydrogen (secondary N) is 1. The van der Waals surface area contributed by atoms with Crippen LogP contribution in [-0.2, 0) is 0 Å². The minimum atomic E-state index is -0.446. The van der Waals surface area contributed by atoms with Crippen molar-refractivity contribution in [1.82, 2.24) is 0 Å². The van der Waals surface area contributed by atoms with Crippen LogP contribution in [0.2, 0.25) is 0 Å². The second-order valence-electron chi connectivity index (χ2n) is 3.86. The SMILES string of the molecule is CNc1cc(Oc2ccc(N)cc2)ccc1[N+](=O)[O-]. The highest BCUT2D eigenvalue weighted by Gasteiger charge is 2.13. The number of nitrogen functional groups attached to an aromatic ring is 1. The van der Waals surface area contributed by atoms with Gasteiger partial charge in [0.1, 0.15) is 17.2 Å². The summed E-state index contributed by atoms with van der Waals surface area (Å²) in [7, 11) is 1.62. The lowest BCUT2D eigenvalue weighted by molar-refractivity contribution is -0.384. The fourth-order valence-electron chi connectivity index (χ4n) is 1.61. The molecule has 0 aromatic heterocycles. The van der Waals surface area contributed by atoms with Gasteiger partial charge in [-0.15, -0.1) is 0 Å². The molecule has 0 atom stereocenters. The molecule has 2 rings (SSSR count). The Morgan fingerprint density at radius 1 is 1.16 bits per heavy atom. The smallest absolute Gasteiger partial charge is 0.292 e. The average molecular weight is 259 g/mol. The van der Waals surface area contributed by atoms with Crippen molar-refractivity contribution in [1.29, 1.82) is 0 Å². The van der Waals surface area contributed by atoms with Gasteiger partial charge in [0.25, 0.3) is 5.69 Å². The zero-order chi connectivity index (χ0) is 13.8. The number of benzene rings is 2. The molecule has 0 aliphatic rings. The summed E-state index contributed by atoms with van der Waals surface area (Å²) in [4.78, 5) is 10.4. The molecule has 0 unspecified atom stereocenters. The van der Waals surface area contributed by atoms with Gasteiger partial charge in [0.05, 0.1) is 4.92 Å². The lowest BCUT2D eigenvalue weighted by Crippen LogP contribution is -1.97. The van der Waals surface area contributed by atoms with Crippen LogP contribution >= 0.6 is 0 Å². The van der Waals surface area contributed by atoms with Crippen LogP contribution in [0.3, 0.4) is 0 Å². The lowest BCUT2D eigenvalue weighted by atomic mass is 10.2. The Balaban J connectivity index is 2.26. The van der Waals surface area contributed by atoms with Crippen molar-refractivity contribution < 1.29 is 9.66 Å². The van der Waals surface area contributed by atoms with E-state index >= 15 is 0 Å². The summed E-state index contributed by atoms with van der Waals surface area (Å²) in [6, 6.07) is 11.4. The highest BCUT2D eigenvalue weighted by molar-refractivity contribution is 5.64. The number of rotatable bonds is 4. The van der Waals surface area contributed by atoms with Gasteiger partial charge < -0.3 is 15.8 Å². The first-order chi connectivity index (χ1) is 9.10. The molecule has 0 aliphatic heterocycles. The van der Waals surface area contributed by atoms with E-state index in [1.807, 2.05) is 0 Å². The molecule has 0 saturated heterocycles. The predicted octanol–water partition coefficient (Wildman–Crippen LogP) is 3.01. The fraction of sp³-hybridized carbons (Fsp3) is 0.0769. The van der Waals surface area contributed by atoms with E-state index in [9.17, 15) is 10.1 Å². The van der Waals surface area contributed by atoms with Crippen molar-refractivity contribution in [2.24, 2.45) is 0 Å². The Kier molecular flexibility index (Phi) is 3.51. The Hall–Kier alpha value is -2.76. The number of hydrogen-bond donors (Lipinski definition) is 2. The number of ether oxygens (including phenoxy) is 1. The van der Waals surface area contributed by atoms with E-state index in [4.69, 9.17) is 10.5 Å². The minimum absolute atomic E-state index is 0.00663. The van der Waals surface area contributed by atoms with E-state index in [-0.39, 0.29) is 5.69 Å². The molecule has 0 saturated carbocycles. The van der Waals surface area contributed by atoms with Gasteiger partial charge in [0.15, 0.2) is 0 Å². The molecule has 0 radical (unpaired) electrons. The van der Waals surface area contributed by atoms with Gasteiger partial charge in [-0.05, 0) is 30.3 Å². The number of nitro benzene ring substituents is 1. The molecule has 0 fully saturated rings. The molecular formula is C13H13N3O3. The fourth-order valence-corrected chi connectivity index (χ4v) is 1.61. The number of hydrogen-bond acceptors (Lipinski definition) is 5. The number of nitro groups is 1. The van der Waals surface area contributed by atoms with Gasteiger partial charge in [-0.1, -0.05) is 0 Å². The van der Waals surface area contributed by atoms with Crippen LogP contribution in [0.25, 0.3) is 0 Å². The summed E-state index contributed by atoms with van der Waals surface area (Å²) in [6.07, 6.45) is 0. The van der Waals surface area contributed by atoms with Crippen LogP contribution in [0, 0.1) is 10.1 Å². The predicted molar refractivity (Wildman–Crippen MR) is 73.6 cm³/mol. The number of nitrogens with two attached hydrogens (primary N) is 1. The Bertz CT molecular complexity index is 597. The molecule has 0 aliphatic carbocycles. The van der Waals surface area contributed by atoms with Gasteiger partial charge in [0, 0.05) is 24.9 Å². The quantitative estimate of drug-likeness (QED) is 0.500. The Morgan fingerprint density at radius 3 is 2.37 bits per heavy atom. The van der Waals surface area contributed by atoms with Crippen LogP contribution in [0.4, 0.5) is 17.1 Å². The monoisotopic (exact) mass is 259 g/mol. The van der Waals surface area contributed by atoms with Crippen LogP contribution in [0.5, 0.6) is 11.5 Å². The van der Waals surface area contributed by atoms with Crippen molar-refractivity contribution >= 4 is 17.1 Å². The largest absolute Gasteiger partial charge is 0.457 e. The van der Waals surface area contributed by atoms with Gasteiger partial charge >= 0.3 is 0 Å². The van der Waals surface area contributed by atoms with Crippen molar-refractivity contribution in [3.05, 3.63) is 52.6 Å². The van der Waals surface area contributed by atoms with E-state index in [1.54, 1.807) is 43.4 Å². The molecular weight excluding hydrogens is 246 g/mol. The highest BCUT2D eigenvalue weighted by Crippen LogP contribution is 2.31. The van der Waals surface area contributed by atoms with Gasteiger partial charge in [-0.25, -0.2) is 0 Å². The maximum absolute atomic E-state index is 10.8. The van der Waals surface area contributed by atoms with Crippen LogP contribution in [0.1, 0.15) is 0 Å². The Morgan fingerprint density at radius 2 is 1.79 bits per heavy atom. The first kappa shape index (κ1) is 12.7. The molecule has 6 nitrogen and oxygen atoms in total. The molecule has 2 aromatic carbocycles. The topological polar surface area (TPSA) is 90.4 Å². The first-order valence-electron chi connectivity index (χ1n) is 5.60. The molecule has 6 heteroatoms. The number of nitrogens with zero attached hydrogens (tertiary/aromatic N) is 1. The van der Waals surface area contributed by atoms with E-state index in [0.717, 1.165) is 0 Å². The molecule has 19 heavy (non-hydrogen) atoms. The summed E-state index contributed by atoms with van der Waals surface area (Å²) >= 11 is 0. The average Bonchev–Trinajstić information content (AvgIpc) is 2.41. The van der Waals surface area contributed by atoms with E-state index in [1.165, 1.54) is 6.07 Å². The first-order valence-corrected chi connectivity index (χ1v) is 5.60. The lowest BCUT2D eigenvalue weighted by Gasteiger charge is -2.08.